The summed E-state index contributed by atoms with van der Waals surface area (Å²) in [7, 11) is 1.66. The molecule has 0 saturated carbocycles. The largest absolute Gasteiger partial charge is 0.497 e. The predicted octanol–water partition coefficient (Wildman–Crippen LogP) is 4.03. The Bertz CT molecular complexity index is 787. The first-order chi connectivity index (χ1) is 12.2. The molecule has 3 N–H and O–H groups in total. The Balaban J connectivity index is 2.07. The number of nitrogens with two attached hydrogens (primary N) is 1. The van der Waals surface area contributed by atoms with Gasteiger partial charge >= 0.3 is 0 Å². The third-order valence-electron chi connectivity index (χ3n) is 4.40. The molecule has 2 atom stereocenters. The van der Waals surface area contributed by atoms with Crippen LogP contribution in [0.5, 0.6) is 5.75 Å². The quantitative estimate of drug-likeness (QED) is 0.672. The molecule has 25 heavy (non-hydrogen) atoms. The summed E-state index contributed by atoms with van der Waals surface area (Å²) in [5, 5.41) is 12.2. The minimum absolute atomic E-state index is 0.0222. The number of nitrogen functional groups attached to an aromatic ring is 1. The molecule has 3 aromatic rings. The number of benzene rings is 2. The molecule has 1 heterocycles. The van der Waals surface area contributed by atoms with Crippen LogP contribution >= 0.6 is 11.3 Å². The average molecular weight is 354 g/mol. The highest BCUT2D eigenvalue weighted by Gasteiger charge is 2.28. The van der Waals surface area contributed by atoms with Crippen LogP contribution in [0.15, 0.2) is 60.0 Å². The normalized spacial score (nSPS) is 13.4. The van der Waals surface area contributed by atoms with Gasteiger partial charge < -0.3 is 15.6 Å². The van der Waals surface area contributed by atoms with E-state index < -0.39 is 0 Å². The zero-order chi connectivity index (χ0) is 17.6. The summed E-state index contributed by atoms with van der Waals surface area (Å²) in [6.07, 6.45) is 0.651. The molecule has 130 valence electrons. The molecule has 0 aliphatic heterocycles. The number of hydrogen-bond acceptors (Lipinski definition) is 5. The maximum atomic E-state index is 9.67. The SMILES string of the molecule is COc1ccc(C(c2csc(N)n2)C(CCO)c2ccccc2)cc1. The van der Waals surface area contributed by atoms with E-state index in [1.165, 1.54) is 16.9 Å². The number of anilines is 1. The highest BCUT2D eigenvalue weighted by Crippen LogP contribution is 2.41. The van der Waals surface area contributed by atoms with Gasteiger partial charge in [-0.1, -0.05) is 42.5 Å². The first kappa shape index (κ1) is 17.5. The number of nitrogens with zero attached hydrogens (tertiary/aromatic N) is 1. The van der Waals surface area contributed by atoms with E-state index in [0.29, 0.717) is 11.6 Å². The number of aliphatic hydroxyl groups excluding tert-OH is 1. The number of methoxy groups -OCH3 is 1. The summed E-state index contributed by atoms with van der Waals surface area (Å²) < 4.78 is 5.28. The maximum absolute atomic E-state index is 9.67. The Morgan fingerprint density at radius 2 is 1.80 bits per heavy atom. The molecule has 0 aliphatic carbocycles. The van der Waals surface area contributed by atoms with Crippen LogP contribution < -0.4 is 10.5 Å². The number of rotatable bonds is 7. The van der Waals surface area contributed by atoms with E-state index in [2.05, 4.69) is 29.2 Å². The van der Waals surface area contributed by atoms with Crippen molar-refractivity contribution in [2.75, 3.05) is 19.5 Å². The van der Waals surface area contributed by atoms with Crippen LogP contribution in [-0.2, 0) is 0 Å². The highest BCUT2D eigenvalue weighted by atomic mass is 32.1. The van der Waals surface area contributed by atoms with Gasteiger partial charge in [-0.3, -0.25) is 0 Å². The molecule has 4 nitrogen and oxygen atoms in total. The standard InChI is InChI=1S/C20H22N2O2S/c1-24-16-9-7-15(8-10-16)19(18-13-25-20(21)22-18)17(11-12-23)14-5-3-2-4-6-14/h2-10,13,17,19,23H,11-12H2,1H3,(H2,21,22). The second-order valence-corrected chi connectivity index (χ2v) is 6.78. The molecule has 0 saturated heterocycles. The topological polar surface area (TPSA) is 68.4 Å². The van der Waals surface area contributed by atoms with Gasteiger partial charge in [-0.2, -0.15) is 0 Å². The van der Waals surface area contributed by atoms with E-state index in [1.54, 1.807) is 7.11 Å². The zero-order valence-corrected chi connectivity index (χ0v) is 14.9. The molecule has 3 rings (SSSR count). The van der Waals surface area contributed by atoms with Gasteiger partial charge in [0, 0.05) is 17.9 Å². The average Bonchev–Trinajstić information content (AvgIpc) is 3.08. The van der Waals surface area contributed by atoms with E-state index >= 15 is 0 Å². The summed E-state index contributed by atoms with van der Waals surface area (Å²) in [6.45, 7) is 0.117. The lowest BCUT2D eigenvalue weighted by molar-refractivity contribution is 0.270. The summed E-state index contributed by atoms with van der Waals surface area (Å²) >= 11 is 1.45. The minimum Gasteiger partial charge on any atom is -0.497 e. The number of aromatic nitrogens is 1. The van der Waals surface area contributed by atoms with Crippen molar-refractivity contribution in [1.29, 1.82) is 0 Å². The molecule has 0 fully saturated rings. The second kappa shape index (κ2) is 8.14. The smallest absolute Gasteiger partial charge is 0.180 e. The summed E-state index contributed by atoms with van der Waals surface area (Å²) in [5.74, 6) is 0.953. The number of aliphatic hydroxyl groups is 1. The molecule has 0 aliphatic rings. The van der Waals surface area contributed by atoms with Crippen LogP contribution in [0.4, 0.5) is 5.13 Å². The molecule has 2 aromatic carbocycles. The van der Waals surface area contributed by atoms with Crippen molar-refractivity contribution in [3.63, 3.8) is 0 Å². The maximum Gasteiger partial charge on any atom is 0.180 e. The van der Waals surface area contributed by atoms with E-state index in [-0.39, 0.29) is 18.4 Å². The van der Waals surface area contributed by atoms with Gasteiger partial charge in [0.15, 0.2) is 5.13 Å². The second-order valence-electron chi connectivity index (χ2n) is 5.89. The monoisotopic (exact) mass is 354 g/mol. The van der Waals surface area contributed by atoms with Crippen molar-refractivity contribution in [2.45, 2.75) is 18.3 Å². The Hall–Kier alpha value is -2.37. The number of ether oxygens (including phenoxy) is 1. The fraction of sp³-hybridized carbons (Fsp3) is 0.250. The first-order valence-electron chi connectivity index (χ1n) is 8.23. The summed E-state index contributed by atoms with van der Waals surface area (Å²) in [6, 6.07) is 18.3. The van der Waals surface area contributed by atoms with E-state index in [4.69, 9.17) is 10.5 Å². The lowest BCUT2D eigenvalue weighted by atomic mass is 9.78. The van der Waals surface area contributed by atoms with Crippen LogP contribution in [-0.4, -0.2) is 23.8 Å². The van der Waals surface area contributed by atoms with Crippen molar-refractivity contribution in [1.82, 2.24) is 4.98 Å². The van der Waals surface area contributed by atoms with Gasteiger partial charge in [-0.15, -0.1) is 11.3 Å². The van der Waals surface area contributed by atoms with Crippen molar-refractivity contribution >= 4 is 16.5 Å². The first-order valence-corrected chi connectivity index (χ1v) is 9.11. The van der Waals surface area contributed by atoms with E-state index in [0.717, 1.165) is 17.0 Å². The predicted molar refractivity (Wildman–Crippen MR) is 102 cm³/mol. The van der Waals surface area contributed by atoms with Gasteiger partial charge in [0.2, 0.25) is 0 Å². The van der Waals surface area contributed by atoms with Crippen LogP contribution in [0, 0.1) is 0 Å². The van der Waals surface area contributed by atoms with Crippen molar-refractivity contribution in [3.05, 3.63) is 76.8 Å². The third kappa shape index (κ3) is 4.00. The number of hydrogen-bond donors (Lipinski definition) is 2. The van der Waals surface area contributed by atoms with Gasteiger partial charge in [0.1, 0.15) is 5.75 Å². The lowest BCUT2D eigenvalue weighted by Gasteiger charge is -2.27. The summed E-state index contributed by atoms with van der Waals surface area (Å²) in [5.41, 5.74) is 9.15. The van der Waals surface area contributed by atoms with Crippen LogP contribution in [0.3, 0.4) is 0 Å². The Morgan fingerprint density at radius 1 is 1.08 bits per heavy atom. The van der Waals surface area contributed by atoms with Crippen LogP contribution in [0.1, 0.15) is 35.1 Å². The molecular weight excluding hydrogens is 332 g/mol. The molecule has 5 heteroatoms. The molecule has 2 unspecified atom stereocenters. The summed E-state index contributed by atoms with van der Waals surface area (Å²) in [4.78, 5) is 4.54. The van der Waals surface area contributed by atoms with Crippen LogP contribution in [0.2, 0.25) is 0 Å². The molecule has 0 bridgehead atoms. The molecule has 1 aromatic heterocycles. The fourth-order valence-electron chi connectivity index (χ4n) is 3.23. The minimum atomic E-state index is 0.0222. The van der Waals surface area contributed by atoms with E-state index in [9.17, 15) is 5.11 Å². The van der Waals surface area contributed by atoms with Crippen molar-refractivity contribution < 1.29 is 9.84 Å². The van der Waals surface area contributed by atoms with Gasteiger partial charge in [0.25, 0.3) is 0 Å². The number of thiazole rings is 1. The Labute approximate surface area is 151 Å². The zero-order valence-electron chi connectivity index (χ0n) is 14.1. The van der Waals surface area contributed by atoms with Crippen molar-refractivity contribution in [3.8, 4) is 5.75 Å². The molecule has 0 amide bonds. The lowest BCUT2D eigenvalue weighted by Crippen LogP contribution is -2.15. The van der Waals surface area contributed by atoms with Crippen molar-refractivity contribution in [2.24, 2.45) is 0 Å². The molecular formula is C20H22N2O2S. The molecule has 0 spiro atoms. The fourth-order valence-corrected chi connectivity index (χ4v) is 3.83. The third-order valence-corrected chi connectivity index (χ3v) is 5.10. The van der Waals surface area contributed by atoms with Crippen LogP contribution in [0.25, 0.3) is 0 Å². The Kier molecular flexibility index (Phi) is 5.68. The van der Waals surface area contributed by atoms with E-state index in [1.807, 2.05) is 35.7 Å². The highest BCUT2D eigenvalue weighted by molar-refractivity contribution is 7.13. The van der Waals surface area contributed by atoms with Gasteiger partial charge in [-0.25, -0.2) is 4.98 Å². The van der Waals surface area contributed by atoms with Gasteiger partial charge in [0.05, 0.1) is 12.8 Å². The molecule has 0 radical (unpaired) electrons. The Morgan fingerprint density at radius 3 is 2.36 bits per heavy atom. The van der Waals surface area contributed by atoms with Gasteiger partial charge in [-0.05, 0) is 35.6 Å².